The van der Waals surface area contributed by atoms with Crippen LogP contribution in [0.1, 0.15) is 32.6 Å². The number of carboxylic acid groups (broad SMARTS) is 1. The van der Waals surface area contributed by atoms with Gasteiger partial charge in [-0.1, -0.05) is 13.8 Å². The van der Waals surface area contributed by atoms with Gasteiger partial charge in [0.25, 0.3) is 0 Å². The molecule has 0 saturated carbocycles. The lowest BCUT2D eigenvalue weighted by Crippen LogP contribution is -2.46. The van der Waals surface area contributed by atoms with Gasteiger partial charge in [-0.15, -0.1) is 0 Å². The molecular weight excluding hydrogens is 206 g/mol. The van der Waals surface area contributed by atoms with Gasteiger partial charge in [0.05, 0.1) is 6.04 Å². The highest BCUT2D eigenvalue weighted by molar-refractivity contribution is 5.74. The van der Waals surface area contributed by atoms with Gasteiger partial charge < -0.3 is 15.0 Å². The summed E-state index contributed by atoms with van der Waals surface area (Å²) in [4.78, 5) is 15.3. The van der Waals surface area contributed by atoms with Crippen LogP contribution in [-0.2, 0) is 4.79 Å². The Morgan fingerprint density at radius 3 is 2.50 bits per heavy atom. The summed E-state index contributed by atoms with van der Waals surface area (Å²) in [6.07, 6.45) is 3.48. The molecule has 5 nitrogen and oxygen atoms in total. The van der Waals surface area contributed by atoms with E-state index in [4.69, 9.17) is 0 Å². The van der Waals surface area contributed by atoms with E-state index in [1.54, 1.807) is 12.4 Å². The second-order valence-electron chi connectivity index (χ2n) is 4.26. The van der Waals surface area contributed by atoms with Crippen molar-refractivity contribution in [3.8, 4) is 0 Å². The predicted octanol–water partition coefficient (Wildman–Crippen LogP) is 1.20. The zero-order valence-electron chi connectivity index (χ0n) is 10.1. The van der Waals surface area contributed by atoms with Crippen molar-refractivity contribution in [2.45, 2.75) is 45.8 Å². The molecular formula is C11H19N3O2. The van der Waals surface area contributed by atoms with Crippen molar-refractivity contribution in [3.05, 3.63) is 18.2 Å². The van der Waals surface area contributed by atoms with Gasteiger partial charge in [0, 0.05) is 18.4 Å². The van der Waals surface area contributed by atoms with Gasteiger partial charge in [-0.25, -0.2) is 4.98 Å². The summed E-state index contributed by atoms with van der Waals surface area (Å²) < 4.78 is 1.87. The van der Waals surface area contributed by atoms with Crippen molar-refractivity contribution in [2.24, 2.45) is 0 Å². The van der Waals surface area contributed by atoms with Gasteiger partial charge in [0.15, 0.2) is 0 Å². The van der Waals surface area contributed by atoms with Crippen molar-refractivity contribution in [1.29, 1.82) is 0 Å². The van der Waals surface area contributed by atoms with E-state index in [-0.39, 0.29) is 12.1 Å². The molecule has 0 aliphatic heterocycles. The normalized spacial score (nSPS) is 15.1. The molecule has 1 aromatic heterocycles. The molecule has 5 heteroatoms. The average molecular weight is 225 g/mol. The molecule has 1 aromatic rings. The Morgan fingerprint density at radius 1 is 1.50 bits per heavy atom. The van der Waals surface area contributed by atoms with Gasteiger partial charge >= 0.3 is 5.97 Å². The standard InChI is InChI=1S/C11H19N3O2/c1-7(2)13-10(11(15)16)8(3)14-6-5-12-9(14)4/h5-8,10,13H,1-4H3,(H,15,16). The molecule has 0 amide bonds. The monoisotopic (exact) mass is 225 g/mol. The maximum absolute atomic E-state index is 11.2. The molecule has 0 aliphatic rings. The molecule has 2 atom stereocenters. The summed E-state index contributed by atoms with van der Waals surface area (Å²) in [6, 6.07) is -0.636. The lowest BCUT2D eigenvalue weighted by atomic mass is 10.1. The molecule has 0 spiro atoms. The summed E-state index contributed by atoms with van der Waals surface area (Å²) in [5.74, 6) is -0.0152. The second-order valence-corrected chi connectivity index (χ2v) is 4.26. The van der Waals surface area contributed by atoms with Crippen molar-refractivity contribution in [1.82, 2.24) is 14.9 Å². The van der Waals surface area contributed by atoms with E-state index in [0.717, 1.165) is 5.82 Å². The van der Waals surface area contributed by atoms with Crippen LogP contribution in [0.3, 0.4) is 0 Å². The SMILES string of the molecule is Cc1nccn1C(C)C(NC(C)C)C(=O)O. The third-order valence-electron chi connectivity index (χ3n) is 2.56. The number of aryl methyl sites for hydroxylation is 1. The molecule has 2 unspecified atom stereocenters. The molecule has 90 valence electrons. The minimum atomic E-state index is -0.839. The molecule has 0 fully saturated rings. The summed E-state index contributed by atoms with van der Waals surface area (Å²) in [5, 5.41) is 12.2. The summed E-state index contributed by atoms with van der Waals surface area (Å²) in [7, 11) is 0. The average Bonchev–Trinajstić information content (AvgIpc) is 2.59. The summed E-state index contributed by atoms with van der Waals surface area (Å²) >= 11 is 0. The lowest BCUT2D eigenvalue weighted by molar-refractivity contribution is -0.140. The number of imidazole rings is 1. The second kappa shape index (κ2) is 5.12. The smallest absolute Gasteiger partial charge is 0.322 e. The van der Waals surface area contributed by atoms with E-state index in [0.29, 0.717) is 0 Å². The minimum absolute atomic E-state index is 0.132. The van der Waals surface area contributed by atoms with Crippen molar-refractivity contribution >= 4 is 5.97 Å². The number of nitrogens with zero attached hydrogens (tertiary/aromatic N) is 2. The lowest BCUT2D eigenvalue weighted by Gasteiger charge is -2.25. The van der Waals surface area contributed by atoms with E-state index in [1.165, 1.54) is 0 Å². The van der Waals surface area contributed by atoms with E-state index in [9.17, 15) is 9.90 Å². The quantitative estimate of drug-likeness (QED) is 0.790. The first-order valence-corrected chi connectivity index (χ1v) is 5.41. The molecule has 16 heavy (non-hydrogen) atoms. The number of hydrogen-bond donors (Lipinski definition) is 2. The van der Waals surface area contributed by atoms with Gasteiger partial charge in [-0.3, -0.25) is 4.79 Å². The zero-order chi connectivity index (χ0) is 12.3. The Labute approximate surface area is 95.5 Å². The first-order chi connectivity index (χ1) is 7.43. The molecule has 0 radical (unpaired) electrons. The van der Waals surface area contributed by atoms with E-state index in [1.807, 2.05) is 32.3 Å². The first-order valence-electron chi connectivity index (χ1n) is 5.41. The van der Waals surface area contributed by atoms with Crippen LogP contribution in [0, 0.1) is 6.92 Å². The van der Waals surface area contributed by atoms with E-state index in [2.05, 4.69) is 10.3 Å². The summed E-state index contributed by atoms with van der Waals surface area (Å²) in [6.45, 7) is 7.61. The van der Waals surface area contributed by atoms with Crippen LogP contribution < -0.4 is 5.32 Å². The highest BCUT2D eigenvalue weighted by atomic mass is 16.4. The Hall–Kier alpha value is -1.36. The molecule has 1 rings (SSSR count). The fourth-order valence-corrected chi connectivity index (χ4v) is 1.75. The Bertz CT molecular complexity index is 360. The third-order valence-corrected chi connectivity index (χ3v) is 2.56. The van der Waals surface area contributed by atoms with Crippen LogP contribution in [0.25, 0.3) is 0 Å². The number of aromatic nitrogens is 2. The van der Waals surface area contributed by atoms with Crippen LogP contribution in [0.15, 0.2) is 12.4 Å². The molecule has 1 heterocycles. The number of carbonyl (C=O) groups is 1. The van der Waals surface area contributed by atoms with Crippen LogP contribution in [0.5, 0.6) is 0 Å². The van der Waals surface area contributed by atoms with Gasteiger partial charge in [-0.2, -0.15) is 0 Å². The molecule has 0 aromatic carbocycles. The van der Waals surface area contributed by atoms with Crippen LogP contribution in [-0.4, -0.2) is 32.7 Å². The van der Waals surface area contributed by atoms with Crippen LogP contribution in [0.2, 0.25) is 0 Å². The van der Waals surface area contributed by atoms with E-state index >= 15 is 0 Å². The Morgan fingerprint density at radius 2 is 2.12 bits per heavy atom. The number of carboxylic acids is 1. The highest BCUT2D eigenvalue weighted by Gasteiger charge is 2.26. The van der Waals surface area contributed by atoms with Crippen LogP contribution in [0.4, 0.5) is 0 Å². The molecule has 0 aliphatic carbocycles. The van der Waals surface area contributed by atoms with Gasteiger partial charge in [0.1, 0.15) is 11.9 Å². The fraction of sp³-hybridized carbons (Fsp3) is 0.636. The largest absolute Gasteiger partial charge is 0.480 e. The van der Waals surface area contributed by atoms with E-state index < -0.39 is 12.0 Å². The highest BCUT2D eigenvalue weighted by Crippen LogP contribution is 2.14. The Balaban J connectivity index is 2.87. The maximum atomic E-state index is 11.2. The predicted molar refractivity (Wildman–Crippen MR) is 61.4 cm³/mol. The Kier molecular flexibility index (Phi) is 4.06. The topological polar surface area (TPSA) is 67.2 Å². The number of rotatable bonds is 5. The number of nitrogens with one attached hydrogen (secondary N) is 1. The minimum Gasteiger partial charge on any atom is -0.480 e. The van der Waals surface area contributed by atoms with Gasteiger partial charge in [-0.05, 0) is 13.8 Å². The van der Waals surface area contributed by atoms with Crippen molar-refractivity contribution < 1.29 is 9.90 Å². The maximum Gasteiger partial charge on any atom is 0.322 e. The number of aliphatic carboxylic acids is 1. The number of hydrogen-bond acceptors (Lipinski definition) is 3. The van der Waals surface area contributed by atoms with Gasteiger partial charge in [0.2, 0.25) is 0 Å². The first kappa shape index (κ1) is 12.7. The molecule has 0 bridgehead atoms. The summed E-state index contributed by atoms with van der Waals surface area (Å²) in [5.41, 5.74) is 0. The third kappa shape index (κ3) is 2.82. The van der Waals surface area contributed by atoms with Crippen molar-refractivity contribution in [2.75, 3.05) is 0 Å². The van der Waals surface area contributed by atoms with Crippen LogP contribution >= 0.6 is 0 Å². The molecule has 2 N–H and O–H groups in total. The zero-order valence-corrected chi connectivity index (χ0v) is 10.1. The fourth-order valence-electron chi connectivity index (χ4n) is 1.75. The molecule has 0 saturated heterocycles. The van der Waals surface area contributed by atoms with Crippen molar-refractivity contribution in [3.63, 3.8) is 0 Å².